The molecule has 0 fully saturated rings. The van der Waals surface area contributed by atoms with Gasteiger partial charge in [0.1, 0.15) is 5.41 Å². The molecule has 3 aliphatic rings. The third-order valence-electron chi connectivity index (χ3n) is 2.44. The molecule has 0 aromatic heterocycles. The van der Waals surface area contributed by atoms with Gasteiger partial charge in [0.15, 0.2) is 0 Å². The molecule has 1 atom stereocenters. The van der Waals surface area contributed by atoms with E-state index in [9.17, 15) is 0 Å². The Morgan fingerprint density at radius 3 is 3.23 bits per heavy atom. The molecule has 3 nitrogen and oxygen atoms in total. The first-order valence-corrected chi connectivity index (χ1v) is 4.15. The first-order chi connectivity index (χ1) is 6.42. The number of hydrogen-bond donors (Lipinski definition) is 0. The van der Waals surface area contributed by atoms with E-state index >= 15 is 0 Å². The van der Waals surface area contributed by atoms with Crippen molar-refractivity contribution in [3.05, 3.63) is 36.1 Å². The average Bonchev–Trinajstić information content (AvgIpc) is 2.58. The maximum Gasteiger partial charge on any atom is 0.112 e. The molecular formula is C10H7N3. The molecule has 0 aromatic rings. The number of allylic oxidation sites excluding steroid dienone is 5. The van der Waals surface area contributed by atoms with Gasteiger partial charge in [0.25, 0.3) is 0 Å². The summed E-state index contributed by atoms with van der Waals surface area (Å²) in [5, 5.41) is 8.01. The summed E-state index contributed by atoms with van der Waals surface area (Å²) in [4.78, 5) is 4.31. The van der Waals surface area contributed by atoms with Gasteiger partial charge in [0.05, 0.1) is 11.4 Å². The Morgan fingerprint density at radius 1 is 1.23 bits per heavy atom. The molecule has 0 saturated carbocycles. The molecule has 1 spiro atoms. The molecule has 0 N–H and O–H groups in total. The van der Waals surface area contributed by atoms with Gasteiger partial charge < -0.3 is 0 Å². The number of aliphatic imine (C=N–C) groups is 1. The Labute approximate surface area is 75.6 Å². The summed E-state index contributed by atoms with van der Waals surface area (Å²) in [5.74, 6) is 0. The van der Waals surface area contributed by atoms with Gasteiger partial charge in [-0.15, -0.1) is 0 Å². The van der Waals surface area contributed by atoms with Crippen LogP contribution in [0.25, 0.3) is 0 Å². The summed E-state index contributed by atoms with van der Waals surface area (Å²) in [7, 11) is 0. The Bertz CT molecular complexity index is 435. The molecule has 0 amide bonds. The van der Waals surface area contributed by atoms with Crippen molar-refractivity contribution >= 4 is 18.1 Å². The zero-order valence-electron chi connectivity index (χ0n) is 6.88. The summed E-state index contributed by atoms with van der Waals surface area (Å²) in [5.41, 5.74) is 1.69. The maximum absolute atomic E-state index is 4.31. The normalized spacial score (nSPS) is 32.6. The van der Waals surface area contributed by atoms with Crippen LogP contribution in [-0.4, -0.2) is 18.1 Å². The third-order valence-corrected chi connectivity index (χ3v) is 2.44. The van der Waals surface area contributed by atoms with Crippen molar-refractivity contribution in [3.8, 4) is 0 Å². The molecule has 2 aliphatic heterocycles. The highest BCUT2D eigenvalue weighted by Gasteiger charge is 2.39. The summed E-state index contributed by atoms with van der Waals surface area (Å²) in [6.45, 7) is 0. The van der Waals surface area contributed by atoms with Gasteiger partial charge in [-0.25, -0.2) is 0 Å². The van der Waals surface area contributed by atoms with E-state index in [1.165, 1.54) is 0 Å². The molecule has 1 unspecified atom stereocenters. The lowest BCUT2D eigenvalue weighted by atomic mass is 9.77. The standard InChI is InChI=1S/C10H7N3/c1-3-8-10(5-2-6-11-8)7-12-13-9(10)4-1/h1-7H. The molecule has 62 valence electrons. The number of hydrogen-bond acceptors (Lipinski definition) is 3. The highest BCUT2D eigenvalue weighted by atomic mass is 15.2. The van der Waals surface area contributed by atoms with Crippen molar-refractivity contribution in [2.24, 2.45) is 20.6 Å². The summed E-state index contributed by atoms with van der Waals surface area (Å²) in [6.07, 6.45) is 13.6. The van der Waals surface area contributed by atoms with Crippen LogP contribution >= 0.6 is 0 Å². The van der Waals surface area contributed by atoms with Crippen LogP contribution in [0.5, 0.6) is 0 Å². The van der Waals surface area contributed by atoms with Gasteiger partial charge in [-0.2, -0.15) is 10.2 Å². The molecule has 0 saturated heterocycles. The lowest BCUT2D eigenvalue weighted by molar-refractivity contribution is 0.873. The average molecular weight is 169 g/mol. The maximum atomic E-state index is 4.31. The highest BCUT2D eigenvalue weighted by Crippen LogP contribution is 2.37. The topological polar surface area (TPSA) is 37.1 Å². The van der Waals surface area contributed by atoms with E-state index in [-0.39, 0.29) is 5.41 Å². The van der Waals surface area contributed by atoms with Gasteiger partial charge >= 0.3 is 0 Å². The van der Waals surface area contributed by atoms with Crippen LogP contribution in [0.3, 0.4) is 0 Å². The van der Waals surface area contributed by atoms with Gasteiger partial charge in [0, 0.05) is 12.4 Å². The van der Waals surface area contributed by atoms with Gasteiger partial charge in [-0.05, 0) is 18.2 Å². The number of rotatable bonds is 0. The minimum Gasteiger partial charge on any atom is -0.260 e. The van der Waals surface area contributed by atoms with Crippen LogP contribution in [-0.2, 0) is 0 Å². The second-order valence-electron chi connectivity index (χ2n) is 3.15. The fraction of sp³-hybridized carbons (Fsp3) is 0.100. The summed E-state index contributed by atoms with van der Waals surface area (Å²) < 4.78 is 0. The monoisotopic (exact) mass is 169 g/mol. The summed E-state index contributed by atoms with van der Waals surface area (Å²) in [6, 6.07) is 0. The van der Waals surface area contributed by atoms with E-state index in [1.807, 2.05) is 30.5 Å². The second kappa shape index (κ2) is 2.13. The van der Waals surface area contributed by atoms with E-state index in [0.29, 0.717) is 0 Å². The molecule has 3 heteroatoms. The van der Waals surface area contributed by atoms with E-state index in [0.717, 1.165) is 11.4 Å². The molecule has 2 heterocycles. The van der Waals surface area contributed by atoms with E-state index in [1.54, 1.807) is 6.21 Å². The van der Waals surface area contributed by atoms with Crippen molar-refractivity contribution in [1.82, 2.24) is 0 Å². The minimum atomic E-state index is -0.260. The van der Waals surface area contributed by atoms with Crippen molar-refractivity contribution < 1.29 is 0 Å². The van der Waals surface area contributed by atoms with Crippen LogP contribution in [0.2, 0.25) is 0 Å². The van der Waals surface area contributed by atoms with Crippen LogP contribution in [0, 0.1) is 5.41 Å². The van der Waals surface area contributed by atoms with E-state index in [4.69, 9.17) is 0 Å². The fourth-order valence-corrected chi connectivity index (χ4v) is 1.75. The molecule has 0 radical (unpaired) electrons. The van der Waals surface area contributed by atoms with E-state index < -0.39 is 0 Å². The molecule has 3 rings (SSSR count). The largest absolute Gasteiger partial charge is 0.260 e. The first-order valence-electron chi connectivity index (χ1n) is 4.15. The molecule has 13 heavy (non-hydrogen) atoms. The Morgan fingerprint density at radius 2 is 2.23 bits per heavy atom. The predicted octanol–water partition coefficient (Wildman–Crippen LogP) is 1.51. The molecule has 1 aliphatic carbocycles. The highest BCUT2D eigenvalue weighted by molar-refractivity contribution is 6.18. The Hall–Kier alpha value is -1.77. The van der Waals surface area contributed by atoms with E-state index in [2.05, 4.69) is 21.3 Å². The van der Waals surface area contributed by atoms with Crippen molar-refractivity contribution in [2.75, 3.05) is 0 Å². The smallest absolute Gasteiger partial charge is 0.112 e. The molecular weight excluding hydrogens is 162 g/mol. The van der Waals surface area contributed by atoms with Crippen LogP contribution in [0.1, 0.15) is 0 Å². The Balaban J connectivity index is 2.28. The van der Waals surface area contributed by atoms with Gasteiger partial charge in [-0.3, -0.25) is 4.99 Å². The van der Waals surface area contributed by atoms with Gasteiger partial charge in [0.2, 0.25) is 0 Å². The number of dihydropyridines is 1. The van der Waals surface area contributed by atoms with Crippen molar-refractivity contribution in [2.45, 2.75) is 0 Å². The minimum absolute atomic E-state index is 0.260. The lowest BCUT2D eigenvalue weighted by Gasteiger charge is -2.27. The SMILES string of the molecule is C1=CC2=NN=CC23C=CC=NC3=C1. The Kier molecular flexibility index (Phi) is 1.10. The van der Waals surface area contributed by atoms with Crippen molar-refractivity contribution in [3.63, 3.8) is 0 Å². The fourth-order valence-electron chi connectivity index (χ4n) is 1.75. The van der Waals surface area contributed by atoms with Crippen LogP contribution < -0.4 is 0 Å². The predicted molar refractivity (Wildman–Crippen MR) is 53.2 cm³/mol. The lowest BCUT2D eigenvalue weighted by Crippen LogP contribution is -2.31. The molecule has 0 aromatic carbocycles. The zero-order chi connectivity index (χ0) is 8.73. The van der Waals surface area contributed by atoms with Gasteiger partial charge in [-0.1, -0.05) is 12.2 Å². The van der Waals surface area contributed by atoms with Crippen LogP contribution in [0.4, 0.5) is 0 Å². The molecule has 0 bridgehead atoms. The first kappa shape index (κ1) is 6.71. The summed E-state index contributed by atoms with van der Waals surface area (Å²) >= 11 is 0. The number of nitrogens with zero attached hydrogens (tertiary/aromatic N) is 3. The van der Waals surface area contributed by atoms with Crippen molar-refractivity contribution in [1.29, 1.82) is 0 Å². The third kappa shape index (κ3) is 0.710. The van der Waals surface area contributed by atoms with Crippen LogP contribution in [0.15, 0.2) is 51.3 Å². The second-order valence-corrected chi connectivity index (χ2v) is 3.15. The quantitative estimate of drug-likeness (QED) is 0.527. The zero-order valence-corrected chi connectivity index (χ0v) is 6.88.